The van der Waals surface area contributed by atoms with E-state index in [2.05, 4.69) is 10.3 Å². The highest BCUT2D eigenvalue weighted by Crippen LogP contribution is 2.29. The van der Waals surface area contributed by atoms with Crippen molar-refractivity contribution < 1.29 is 8.42 Å². The Morgan fingerprint density at radius 2 is 2.32 bits per heavy atom. The van der Waals surface area contributed by atoms with Gasteiger partial charge in [0.1, 0.15) is 0 Å². The Labute approximate surface area is 120 Å². The lowest BCUT2D eigenvalue weighted by molar-refractivity contribution is 0.591. The van der Waals surface area contributed by atoms with E-state index in [0.29, 0.717) is 17.3 Å². The van der Waals surface area contributed by atoms with E-state index in [0.717, 1.165) is 28.2 Å². The zero-order valence-corrected chi connectivity index (χ0v) is 12.5. The minimum Gasteiger partial charge on any atom is -0.360 e. The van der Waals surface area contributed by atoms with Gasteiger partial charge in [-0.3, -0.25) is 0 Å². The van der Waals surface area contributed by atoms with Crippen LogP contribution in [0.25, 0.3) is 10.2 Å². The van der Waals surface area contributed by atoms with Crippen molar-refractivity contribution >= 4 is 48.1 Å². The van der Waals surface area contributed by atoms with Crippen LogP contribution in [0, 0.1) is 0 Å². The van der Waals surface area contributed by atoms with Gasteiger partial charge in [-0.2, -0.15) is 0 Å². The topological polar surface area (TPSA) is 59.1 Å². The van der Waals surface area contributed by atoms with Gasteiger partial charge < -0.3 is 5.32 Å². The van der Waals surface area contributed by atoms with Crippen LogP contribution in [0.15, 0.2) is 18.2 Å². The van der Waals surface area contributed by atoms with E-state index in [-0.39, 0.29) is 5.25 Å². The van der Waals surface area contributed by atoms with Crippen LogP contribution in [0.4, 0.5) is 5.13 Å². The van der Waals surface area contributed by atoms with Crippen molar-refractivity contribution in [1.82, 2.24) is 4.98 Å². The Morgan fingerprint density at radius 1 is 1.47 bits per heavy atom. The number of sulfone groups is 1. The van der Waals surface area contributed by atoms with Crippen molar-refractivity contribution in [1.29, 1.82) is 0 Å². The molecule has 0 bridgehead atoms. The molecule has 1 N–H and O–H groups in total. The first-order chi connectivity index (χ1) is 9.04. The zero-order chi connectivity index (χ0) is 13.5. The highest BCUT2D eigenvalue weighted by molar-refractivity contribution is 7.92. The molecular weight excluding hydrogens is 304 g/mol. The summed E-state index contributed by atoms with van der Waals surface area (Å²) in [5.41, 5.74) is 0.881. The molecule has 19 heavy (non-hydrogen) atoms. The molecule has 0 radical (unpaired) electrons. The predicted molar refractivity (Wildman–Crippen MR) is 79.9 cm³/mol. The summed E-state index contributed by atoms with van der Waals surface area (Å²) < 4.78 is 24.5. The lowest BCUT2D eigenvalue weighted by Crippen LogP contribution is -2.24. The molecule has 7 heteroatoms. The SMILES string of the molecule is O=S1(=O)CCCC1CNc1nc2ccc(Cl)cc2s1. The number of anilines is 1. The van der Waals surface area contributed by atoms with Gasteiger partial charge in [-0.05, 0) is 31.0 Å². The van der Waals surface area contributed by atoms with Gasteiger partial charge in [-0.25, -0.2) is 13.4 Å². The molecular formula is C12H13ClN2O2S2. The molecule has 1 aromatic heterocycles. The molecule has 1 unspecified atom stereocenters. The Bertz CT molecular complexity index is 712. The third-order valence-electron chi connectivity index (χ3n) is 3.29. The number of nitrogens with zero attached hydrogens (tertiary/aromatic N) is 1. The molecule has 2 aromatic rings. The summed E-state index contributed by atoms with van der Waals surface area (Å²) in [6, 6.07) is 5.53. The second-order valence-corrected chi connectivity index (χ2v) is 8.51. The van der Waals surface area contributed by atoms with E-state index in [1.807, 2.05) is 12.1 Å². The molecule has 3 rings (SSSR count). The zero-order valence-electron chi connectivity index (χ0n) is 10.1. The molecule has 4 nitrogen and oxygen atoms in total. The fraction of sp³-hybridized carbons (Fsp3) is 0.417. The number of hydrogen-bond acceptors (Lipinski definition) is 5. The summed E-state index contributed by atoms with van der Waals surface area (Å²) in [6.45, 7) is 0.440. The van der Waals surface area contributed by atoms with Crippen LogP contribution < -0.4 is 5.32 Å². The molecule has 0 saturated carbocycles. The first-order valence-corrected chi connectivity index (χ1v) is 8.97. The maximum atomic E-state index is 11.7. The average molecular weight is 317 g/mol. The Balaban J connectivity index is 1.75. The first-order valence-electron chi connectivity index (χ1n) is 6.06. The van der Waals surface area contributed by atoms with Crippen molar-refractivity contribution in [3.8, 4) is 0 Å². The van der Waals surface area contributed by atoms with Crippen LogP contribution in [0.3, 0.4) is 0 Å². The molecule has 1 saturated heterocycles. The lowest BCUT2D eigenvalue weighted by Gasteiger charge is -2.09. The minimum atomic E-state index is -2.90. The number of halogens is 1. The molecule has 102 valence electrons. The normalized spacial score (nSPS) is 21.8. The maximum absolute atomic E-state index is 11.7. The highest BCUT2D eigenvalue weighted by Gasteiger charge is 2.30. The lowest BCUT2D eigenvalue weighted by atomic mass is 10.2. The van der Waals surface area contributed by atoms with E-state index in [9.17, 15) is 8.42 Å². The standard InChI is InChI=1S/C12H13ClN2O2S2/c13-8-3-4-10-11(6-8)18-12(15-10)14-7-9-2-1-5-19(9,16)17/h3-4,6,9H,1-2,5,7H2,(H,14,15). The molecule has 1 atom stereocenters. The van der Waals surface area contributed by atoms with E-state index >= 15 is 0 Å². The average Bonchev–Trinajstić information content (AvgIpc) is 2.88. The third kappa shape index (κ3) is 2.70. The second kappa shape index (κ2) is 4.92. The van der Waals surface area contributed by atoms with E-state index in [1.165, 1.54) is 11.3 Å². The summed E-state index contributed by atoms with van der Waals surface area (Å²) >= 11 is 7.42. The summed E-state index contributed by atoms with van der Waals surface area (Å²) in [6.07, 6.45) is 1.51. The quantitative estimate of drug-likeness (QED) is 0.946. The van der Waals surface area contributed by atoms with E-state index < -0.39 is 9.84 Å². The smallest absolute Gasteiger partial charge is 0.183 e. The second-order valence-electron chi connectivity index (χ2n) is 4.64. The van der Waals surface area contributed by atoms with E-state index in [4.69, 9.17) is 11.6 Å². The van der Waals surface area contributed by atoms with Crippen molar-refractivity contribution in [2.75, 3.05) is 17.6 Å². The molecule has 1 aliphatic heterocycles. The Kier molecular flexibility index (Phi) is 3.41. The Morgan fingerprint density at radius 3 is 3.05 bits per heavy atom. The number of benzene rings is 1. The molecule has 1 aliphatic rings. The fourth-order valence-corrected chi connectivity index (χ4v) is 5.18. The monoisotopic (exact) mass is 316 g/mol. The van der Waals surface area contributed by atoms with Gasteiger partial charge in [-0.1, -0.05) is 22.9 Å². The van der Waals surface area contributed by atoms with Gasteiger partial charge >= 0.3 is 0 Å². The van der Waals surface area contributed by atoms with Crippen LogP contribution in [0.1, 0.15) is 12.8 Å². The molecule has 0 spiro atoms. The van der Waals surface area contributed by atoms with Crippen molar-refractivity contribution in [2.24, 2.45) is 0 Å². The molecule has 0 aliphatic carbocycles. The molecule has 2 heterocycles. The number of aromatic nitrogens is 1. The number of fused-ring (bicyclic) bond motifs is 1. The maximum Gasteiger partial charge on any atom is 0.183 e. The van der Waals surface area contributed by atoms with Crippen molar-refractivity contribution in [2.45, 2.75) is 18.1 Å². The van der Waals surface area contributed by atoms with Crippen molar-refractivity contribution in [3.63, 3.8) is 0 Å². The van der Waals surface area contributed by atoms with Crippen LogP contribution in [0.5, 0.6) is 0 Å². The summed E-state index contributed by atoms with van der Waals surface area (Å²) in [5, 5.41) is 4.29. The van der Waals surface area contributed by atoms with Gasteiger partial charge in [0.2, 0.25) is 0 Å². The van der Waals surface area contributed by atoms with Crippen LogP contribution >= 0.6 is 22.9 Å². The number of hydrogen-bond donors (Lipinski definition) is 1. The number of nitrogens with one attached hydrogen (secondary N) is 1. The number of rotatable bonds is 3. The van der Waals surface area contributed by atoms with E-state index in [1.54, 1.807) is 6.07 Å². The highest BCUT2D eigenvalue weighted by atomic mass is 35.5. The predicted octanol–water partition coefficient (Wildman–Crippen LogP) is 2.94. The van der Waals surface area contributed by atoms with Crippen LogP contribution in [0.2, 0.25) is 5.02 Å². The summed E-state index contributed by atoms with van der Waals surface area (Å²) in [7, 11) is -2.90. The summed E-state index contributed by atoms with van der Waals surface area (Å²) in [5.74, 6) is 0.314. The Hall–Kier alpha value is -0.850. The largest absolute Gasteiger partial charge is 0.360 e. The van der Waals surface area contributed by atoms with Gasteiger partial charge in [0.05, 0.1) is 21.2 Å². The van der Waals surface area contributed by atoms with Gasteiger partial charge in [0.15, 0.2) is 15.0 Å². The summed E-state index contributed by atoms with van der Waals surface area (Å²) in [4.78, 5) is 4.42. The fourth-order valence-electron chi connectivity index (χ4n) is 2.26. The van der Waals surface area contributed by atoms with Crippen LogP contribution in [-0.2, 0) is 9.84 Å². The van der Waals surface area contributed by atoms with Gasteiger partial charge in [0.25, 0.3) is 0 Å². The number of thiazole rings is 1. The van der Waals surface area contributed by atoms with Crippen LogP contribution in [-0.4, -0.2) is 30.9 Å². The molecule has 1 aromatic carbocycles. The third-order valence-corrected chi connectivity index (χ3v) is 6.78. The van der Waals surface area contributed by atoms with Gasteiger partial charge in [-0.15, -0.1) is 0 Å². The van der Waals surface area contributed by atoms with Crippen molar-refractivity contribution in [3.05, 3.63) is 23.2 Å². The minimum absolute atomic E-state index is 0.275. The molecule has 1 fully saturated rings. The first kappa shape index (κ1) is 13.1. The van der Waals surface area contributed by atoms with Gasteiger partial charge in [0, 0.05) is 11.6 Å². The molecule has 0 amide bonds.